The van der Waals surface area contributed by atoms with Gasteiger partial charge in [0.25, 0.3) is 0 Å². The van der Waals surface area contributed by atoms with Crippen LogP contribution in [-0.4, -0.2) is 18.8 Å². The fourth-order valence-corrected chi connectivity index (χ4v) is 2.05. The maximum absolute atomic E-state index is 12.2. The predicted octanol–water partition coefficient (Wildman–Crippen LogP) is 4.23. The van der Waals surface area contributed by atoms with Crippen molar-refractivity contribution in [3.8, 4) is 5.75 Å². The van der Waals surface area contributed by atoms with E-state index in [9.17, 15) is 13.2 Å². The average molecular weight is 273 g/mol. The highest BCUT2D eigenvalue weighted by Crippen LogP contribution is 2.35. The van der Waals surface area contributed by atoms with E-state index in [2.05, 4.69) is 5.32 Å². The number of alkyl halides is 3. The van der Waals surface area contributed by atoms with E-state index < -0.39 is 12.8 Å². The van der Waals surface area contributed by atoms with E-state index in [-0.39, 0.29) is 11.8 Å². The maximum Gasteiger partial charge on any atom is 0.422 e. The summed E-state index contributed by atoms with van der Waals surface area (Å²) in [7, 11) is 0. The van der Waals surface area contributed by atoms with Crippen LogP contribution in [0.5, 0.6) is 5.75 Å². The topological polar surface area (TPSA) is 21.3 Å². The number of hydrogen-bond donors (Lipinski definition) is 1. The second-order valence-corrected chi connectivity index (χ2v) is 5.12. The molecule has 0 amide bonds. The molecule has 5 heteroatoms. The quantitative estimate of drug-likeness (QED) is 0.837. The van der Waals surface area contributed by atoms with Crippen molar-refractivity contribution in [1.82, 2.24) is 0 Å². The minimum absolute atomic E-state index is 0.239. The Kier molecular flexibility index (Phi) is 4.22. The van der Waals surface area contributed by atoms with Crippen molar-refractivity contribution in [3.63, 3.8) is 0 Å². The molecule has 106 valence electrons. The Morgan fingerprint density at radius 3 is 2.63 bits per heavy atom. The van der Waals surface area contributed by atoms with Crippen LogP contribution in [-0.2, 0) is 0 Å². The van der Waals surface area contributed by atoms with Crippen LogP contribution in [0.1, 0.15) is 26.2 Å². The van der Waals surface area contributed by atoms with Crippen LogP contribution >= 0.6 is 0 Å². The van der Waals surface area contributed by atoms with Crippen LogP contribution in [0.3, 0.4) is 0 Å². The molecular formula is C14H18F3NO. The number of anilines is 1. The molecule has 0 radical (unpaired) electrons. The number of ether oxygens (including phenoxy) is 1. The molecule has 2 rings (SSSR count). The highest BCUT2D eigenvalue weighted by atomic mass is 19.4. The van der Waals surface area contributed by atoms with Crippen molar-refractivity contribution in [2.75, 3.05) is 11.9 Å². The molecule has 0 heterocycles. The van der Waals surface area contributed by atoms with Crippen molar-refractivity contribution in [2.24, 2.45) is 5.92 Å². The Labute approximate surface area is 111 Å². The molecule has 0 saturated heterocycles. The van der Waals surface area contributed by atoms with Crippen LogP contribution in [0.2, 0.25) is 0 Å². The van der Waals surface area contributed by atoms with E-state index in [0.717, 1.165) is 12.3 Å². The minimum atomic E-state index is -4.31. The van der Waals surface area contributed by atoms with Crippen molar-refractivity contribution in [1.29, 1.82) is 0 Å². The number of para-hydroxylation sites is 2. The first-order valence-corrected chi connectivity index (χ1v) is 6.49. The smallest absolute Gasteiger partial charge is 0.422 e. The summed E-state index contributed by atoms with van der Waals surface area (Å²) in [5, 5.41) is 3.23. The number of benzene rings is 1. The molecule has 1 saturated carbocycles. The summed E-state index contributed by atoms with van der Waals surface area (Å²) >= 11 is 0. The van der Waals surface area contributed by atoms with Crippen LogP contribution in [0.4, 0.5) is 18.9 Å². The molecule has 1 atom stereocenters. The van der Waals surface area contributed by atoms with E-state index in [1.807, 2.05) is 6.92 Å². The van der Waals surface area contributed by atoms with Crippen LogP contribution in [0.15, 0.2) is 24.3 Å². The molecule has 0 spiro atoms. The van der Waals surface area contributed by atoms with E-state index in [1.165, 1.54) is 12.8 Å². The van der Waals surface area contributed by atoms with Crippen molar-refractivity contribution in [3.05, 3.63) is 24.3 Å². The molecule has 0 aliphatic heterocycles. The lowest BCUT2D eigenvalue weighted by molar-refractivity contribution is -0.153. The van der Waals surface area contributed by atoms with Gasteiger partial charge in [0.1, 0.15) is 5.75 Å². The summed E-state index contributed by atoms with van der Waals surface area (Å²) in [6.07, 6.45) is -0.739. The molecule has 1 N–H and O–H groups in total. The van der Waals surface area contributed by atoms with Gasteiger partial charge in [0.05, 0.1) is 5.69 Å². The van der Waals surface area contributed by atoms with Gasteiger partial charge in [0, 0.05) is 6.04 Å². The molecule has 0 aromatic heterocycles. The summed E-state index contributed by atoms with van der Waals surface area (Å²) in [5.74, 6) is 1.02. The summed E-state index contributed by atoms with van der Waals surface area (Å²) in [5.41, 5.74) is 0.625. The molecule has 1 aliphatic carbocycles. The van der Waals surface area contributed by atoms with E-state index >= 15 is 0 Å². The molecule has 19 heavy (non-hydrogen) atoms. The maximum atomic E-state index is 12.2. The third kappa shape index (κ3) is 5.01. The van der Waals surface area contributed by atoms with Gasteiger partial charge in [-0.2, -0.15) is 13.2 Å². The second-order valence-electron chi connectivity index (χ2n) is 5.12. The van der Waals surface area contributed by atoms with Gasteiger partial charge in [-0.05, 0) is 31.4 Å². The monoisotopic (exact) mass is 273 g/mol. The largest absolute Gasteiger partial charge is 0.482 e. The molecule has 1 aromatic rings. The zero-order chi connectivity index (χ0) is 13.9. The number of hydrogen-bond acceptors (Lipinski definition) is 2. The normalized spacial score (nSPS) is 17.1. The number of nitrogens with one attached hydrogen (secondary N) is 1. The Morgan fingerprint density at radius 1 is 1.32 bits per heavy atom. The van der Waals surface area contributed by atoms with Gasteiger partial charge in [-0.15, -0.1) is 0 Å². The Balaban J connectivity index is 1.94. The average Bonchev–Trinajstić information content (AvgIpc) is 3.10. The van der Waals surface area contributed by atoms with E-state index in [4.69, 9.17) is 4.74 Å². The van der Waals surface area contributed by atoms with Crippen molar-refractivity contribution < 1.29 is 17.9 Å². The Bertz CT molecular complexity index is 415. The fraction of sp³-hybridized carbons (Fsp3) is 0.571. The molecule has 1 unspecified atom stereocenters. The molecule has 2 nitrogen and oxygen atoms in total. The van der Waals surface area contributed by atoms with Crippen molar-refractivity contribution in [2.45, 2.75) is 38.4 Å². The number of rotatable bonds is 6. The van der Waals surface area contributed by atoms with Gasteiger partial charge in [-0.1, -0.05) is 25.0 Å². The first kappa shape index (κ1) is 14.0. The van der Waals surface area contributed by atoms with Gasteiger partial charge < -0.3 is 10.1 Å². The standard InChI is InChI=1S/C14H18F3NO/c1-10(8-11-6-7-11)18-12-4-2-3-5-13(12)19-9-14(15,16)17/h2-5,10-11,18H,6-9H2,1H3. The van der Waals surface area contributed by atoms with Crippen LogP contribution < -0.4 is 10.1 Å². The van der Waals surface area contributed by atoms with Gasteiger partial charge in [-0.3, -0.25) is 0 Å². The first-order valence-electron chi connectivity index (χ1n) is 6.49. The minimum Gasteiger partial charge on any atom is -0.482 e. The Hall–Kier alpha value is -1.39. The summed E-state index contributed by atoms with van der Waals surface area (Å²) in [6.45, 7) is 0.779. The predicted molar refractivity (Wildman–Crippen MR) is 68.4 cm³/mol. The lowest BCUT2D eigenvalue weighted by atomic mass is 10.1. The zero-order valence-corrected chi connectivity index (χ0v) is 10.8. The highest BCUT2D eigenvalue weighted by Gasteiger charge is 2.29. The summed E-state index contributed by atoms with van der Waals surface area (Å²) < 4.78 is 41.3. The van der Waals surface area contributed by atoms with Gasteiger partial charge in [0.15, 0.2) is 6.61 Å². The fourth-order valence-electron chi connectivity index (χ4n) is 2.05. The third-order valence-corrected chi connectivity index (χ3v) is 3.06. The SMILES string of the molecule is CC(CC1CC1)Nc1ccccc1OCC(F)(F)F. The van der Waals surface area contributed by atoms with Gasteiger partial charge in [0.2, 0.25) is 0 Å². The van der Waals surface area contributed by atoms with Gasteiger partial charge in [-0.25, -0.2) is 0 Å². The van der Waals surface area contributed by atoms with Crippen LogP contribution in [0.25, 0.3) is 0 Å². The third-order valence-electron chi connectivity index (χ3n) is 3.06. The molecule has 0 bridgehead atoms. The molecular weight excluding hydrogens is 255 g/mol. The highest BCUT2D eigenvalue weighted by molar-refractivity contribution is 5.56. The second kappa shape index (κ2) is 5.72. The van der Waals surface area contributed by atoms with E-state index in [0.29, 0.717) is 5.69 Å². The summed E-state index contributed by atoms with van der Waals surface area (Å²) in [6, 6.07) is 6.99. The number of halogens is 3. The summed E-state index contributed by atoms with van der Waals surface area (Å²) in [4.78, 5) is 0. The van der Waals surface area contributed by atoms with Crippen LogP contribution in [0, 0.1) is 5.92 Å². The first-order chi connectivity index (χ1) is 8.94. The Morgan fingerprint density at radius 2 is 2.00 bits per heavy atom. The molecule has 1 aromatic carbocycles. The van der Waals surface area contributed by atoms with Crippen molar-refractivity contribution >= 4 is 5.69 Å². The van der Waals surface area contributed by atoms with Gasteiger partial charge >= 0.3 is 6.18 Å². The lowest BCUT2D eigenvalue weighted by Gasteiger charge is -2.18. The van der Waals surface area contributed by atoms with E-state index in [1.54, 1.807) is 24.3 Å². The molecule has 1 aliphatic rings. The molecule has 1 fully saturated rings. The lowest BCUT2D eigenvalue weighted by Crippen LogP contribution is -2.21. The zero-order valence-electron chi connectivity index (χ0n) is 10.8.